The summed E-state index contributed by atoms with van der Waals surface area (Å²) < 4.78 is 7.09. The van der Waals surface area contributed by atoms with E-state index in [1.807, 2.05) is 27.1 Å². The third-order valence-corrected chi connectivity index (χ3v) is 4.37. The maximum Gasteiger partial charge on any atom is 0.265 e. The number of aryl methyl sites for hydroxylation is 2. The van der Waals surface area contributed by atoms with E-state index in [4.69, 9.17) is 16.3 Å². The predicted octanol–water partition coefficient (Wildman–Crippen LogP) is 1.98. The number of hydrogen-bond donors (Lipinski definition) is 1. The van der Waals surface area contributed by atoms with Crippen LogP contribution in [0.2, 0.25) is 5.02 Å². The van der Waals surface area contributed by atoms with Crippen molar-refractivity contribution in [3.8, 4) is 5.75 Å². The molecule has 0 bridgehead atoms. The minimum Gasteiger partial charge on any atom is -0.480 e. The van der Waals surface area contributed by atoms with E-state index < -0.39 is 0 Å². The van der Waals surface area contributed by atoms with Gasteiger partial charge in [0.2, 0.25) is 5.91 Å². The van der Waals surface area contributed by atoms with Gasteiger partial charge in [-0.15, -0.1) is 0 Å². The van der Waals surface area contributed by atoms with Crippen LogP contribution >= 0.6 is 11.6 Å². The lowest BCUT2D eigenvalue weighted by atomic mass is 10.1. The largest absolute Gasteiger partial charge is 0.480 e. The molecular formula is C17H19ClN4O3. The molecular weight excluding hydrogens is 344 g/mol. The van der Waals surface area contributed by atoms with Crippen LogP contribution in [0.3, 0.4) is 0 Å². The van der Waals surface area contributed by atoms with Crippen molar-refractivity contribution in [1.29, 1.82) is 0 Å². The van der Waals surface area contributed by atoms with Gasteiger partial charge in [0.1, 0.15) is 6.54 Å². The van der Waals surface area contributed by atoms with E-state index in [-0.39, 0.29) is 31.0 Å². The monoisotopic (exact) mass is 362 g/mol. The molecule has 1 atom stereocenters. The second kappa shape index (κ2) is 6.76. The SMILES string of the molecule is Cc1nn(C)cc1[C@H](C)NC(=O)CN1C(=O)COc2c(Cl)cccc21. The first-order valence-corrected chi connectivity index (χ1v) is 8.25. The third kappa shape index (κ3) is 3.46. The number of rotatable bonds is 4. The Balaban J connectivity index is 1.74. The Bertz CT molecular complexity index is 833. The summed E-state index contributed by atoms with van der Waals surface area (Å²) in [6.45, 7) is 3.54. The fourth-order valence-electron chi connectivity index (χ4n) is 2.92. The molecule has 0 fully saturated rings. The van der Waals surface area contributed by atoms with Crippen molar-refractivity contribution in [2.45, 2.75) is 19.9 Å². The second-order valence-electron chi connectivity index (χ2n) is 5.99. The Morgan fingerprint density at radius 2 is 2.24 bits per heavy atom. The number of halogens is 1. The van der Waals surface area contributed by atoms with Crippen LogP contribution in [0.4, 0.5) is 5.69 Å². The van der Waals surface area contributed by atoms with Gasteiger partial charge >= 0.3 is 0 Å². The Kier molecular flexibility index (Phi) is 4.67. The Morgan fingerprint density at radius 1 is 1.48 bits per heavy atom. The van der Waals surface area contributed by atoms with Crippen molar-refractivity contribution in [2.75, 3.05) is 18.1 Å². The predicted molar refractivity (Wildman–Crippen MR) is 93.8 cm³/mol. The van der Waals surface area contributed by atoms with Crippen molar-refractivity contribution in [1.82, 2.24) is 15.1 Å². The lowest BCUT2D eigenvalue weighted by Crippen LogP contribution is -2.45. The maximum absolute atomic E-state index is 12.4. The van der Waals surface area contributed by atoms with E-state index in [1.54, 1.807) is 22.9 Å². The summed E-state index contributed by atoms with van der Waals surface area (Å²) >= 11 is 6.10. The molecule has 25 heavy (non-hydrogen) atoms. The van der Waals surface area contributed by atoms with Crippen molar-refractivity contribution in [3.63, 3.8) is 0 Å². The molecule has 2 amide bonds. The molecule has 1 aliphatic rings. The Morgan fingerprint density at radius 3 is 2.92 bits per heavy atom. The topological polar surface area (TPSA) is 76.5 Å². The maximum atomic E-state index is 12.4. The molecule has 2 aromatic rings. The summed E-state index contributed by atoms with van der Waals surface area (Å²) in [6, 6.07) is 4.90. The molecule has 1 aromatic heterocycles. The van der Waals surface area contributed by atoms with Gasteiger partial charge in [0, 0.05) is 18.8 Å². The van der Waals surface area contributed by atoms with Gasteiger partial charge in [-0.05, 0) is 26.0 Å². The number of nitrogens with zero attached hydrogens (tertiary/aromatic N) is 3. The molecule has 8 heteroatoms. The summed E-state index contributed by atoms with van der Waals surface area (Å²) in [5, 5.41) is 7.59. The fourth-order valence-corrected chi connectivity index (χ4v) is 3.15. The fraction of sp³-hybridized carbons (Fsp3) is 0.353. The van der Waals surface area contributed by atoms with Gasteiger partial charge < -0.3 is 10.1 Å². The summed E-state index contributed by atoms with van der Waals surface area (Å²) in [5.74, 6) is -0.125. The number of ether oxygens (including phenoxy) is 1. The minimum atomic E-state index is -0.282. The summed E-state index contributed by atoms with van der Waals surface area (Å²) in [7, 11) is 1.83. The number of fused-ring (bicyclic) bond motifs is 1. The van der Waals surface area contributed by atoms with Gasteiger partial charge in [0.15, 0.2) is 12.4 Å². The molecule has 1 aliphatic heterocycles. The van der Waals surface area contributed by atoms with Crippen LogP contribution in [-0.4, -0.2) is 34.7 Å². The molecule has 0 unspecified atom stereocenters. The van der Waals surface area contributed by atoms with Gasteiger partial charge in [-0.1, -0.05) is 17.7 Å². The molecule has 0 saturated carbocycles. The zero-order valence-corrected chi connectivity index (χ0v) is 15.0. The van der Waals surface area contributed by atoms with E-state index >= 15 is 0 Å². The molecule has 7 nitrogen and oxygen atoms in total. The minimum absolute atomic E-state index is 0.0980. The number of carbonyl (C=O) groups is 2. The van der Waals surface area contributed by atoms with Gasteiger partial charge in [0.25, 0.3) is 5.91 Å². The first-order valence-electron chi connectivity index (χ1n) is 7.88. The average molecular weight is 363 g/mol. The van der Waals surface area contributed by atoms with Gasteiger partial charge in [-0.25, -0.2) is 0 Å². The molecule has 132 valence electrons. The third-order valence-electron chi connectivity index (χ3n) is 4.08. The summed E-state index contributed by atoms with van der Waals surface area (Å²) in [6.07, 6.45) is 1.87. The van der Waals surface area contributed by atoms with Crippen molar-refractivity contribution >= 4 is 29.1 Å². The number of amides is 2. The molecule has 3 rings (SSSR count). The van der Waals surface area contributed by atoms with Gasteiger partial charge in [-0.3, -0.25) is 19.2 Å². The Labute approximate surface area is 150 Å². The number of hydrogen-bond acceptors (Lipinski definition) is 4. The molecule has 0 aliphatic carbocycles. The van der Waals surface area contributed by atoms with E-state index in [1.165, 1.54) is 4.90 Å². The zero-order valence-electron chi connectivity index (χ0n) is 14.2. The lowest BCUT2D eigenvalue weighted by molar-refractivity contribution is -0.125. The van der Waals surface area contributed by atoms with Crippen LogP contribution in [0.1, 0.15) is 24.2 Å². The average Bonchev–Trinajstić information content (AvgIpc) is 2.89. The normalized spacial score (nSPS) is 14.7. The molecule has 1 aromatic carbocycles. The van der Waals surface area contributed by atoms with Crippen LogP contribution in [-0.2, 0) is 16.6 Å². The molecule has 2 heterocycles. The lowest BCUT2D eigenvalue weighted by Gasteiger charge is -2.29. The highest BCUT2D eigenvalue weighted by molar-refractivity contribution is 6.32. The quantitative estimate of drug-likeness (QED) is 0.902. The highest BCUT2D eigenvalue weighted by Gasteiger charge is 2.29. The summed E-state index contributed by atoms with van der Waals surface area (Å²) in [5.41, 5.74) is 2.30. The number of carbonyl (C=O) groups excluding carboxylic acids is 2. The van der Waals surface area contributed by atoms with Crippen LogP contribution in [0.15, 0.2) is 24.4 Å². The van der Waals surface area contributed by atoms with Crippen LogP contribution in [0, 0.1) is 6.92 Å². The van der Waals surface area contributed by atoms with E-state index in [0.29, 0.717) is 16.5 Å². The van der Waals surface area contributed by atoms with E-state index in [9.17, 15) is 9.59 Å². The number of para-hydroxylation sites is 1. The number of nitrogens with one attached hydrogen (secondary N) is 1. The van der Waals surface area contributed by atoms with Crippen LogP contribution < -0.4 is 15.0 Å². The van der Waals surface area contributed by atoms with Crippen LogP contribution in [0.5, 0.6) is 5.75 Å². The molecule has 0 radical (unpaired) electrons. The number of aromatic nitrogens is 2. The second-order valence-corrected chi connectivity index (χ2v) is 6.40. The zero-order chi connectivity index (χ0) is 18.1. The van der Waals surface area contributed by atoms with Gasteiger partial charge in [0.05, 0.1) is 22.4 Å². The van der Waals surface area contributed by atoms with Crippen LogP contribution in [0.25, 0.3) is 0 Å². The molecule has 0 saturated heterocycles. The first-order chi connectivity index (χ1) is 11.9. The summed E-state index contributed by atoms with van der Waals surface area (Å²) in [4.78, 5) is 26.0. The molecule has 1 N–H and O–H groups in total. The van der Waals surface area contributed by atoms with Crippen molar-refractivity contribution in [2.24, 2.45) is 7.05 Å². The highest BCUT2D eigenvalue weighted by atomic mass is 35.5. The van der Waals surface area contributed by atoms with Gasteiger partial charge in [-0.2, -0.15) is 5.10 Å². The standard InChI is InChI=1S/C17H19ClN4O3/c1-10(12-7-21(3)20-11(12)2)19-15(23)8-22-14-6-4-5-13(18)17(14)25-9-16(22)24/h4-7,10H,8-9H2,1-3H3,(H,19,23)/t10-/m0/s1. The van der Waals surface area contributed by atoms with E-state index in [0.717, 1.165) is 11.3 Å². The first kappa shape index (κ1) is 17.3. The van der Waals surface area contributed by atoms with E-state index in [2.05, 4.69) is 10.4 Å². The number of anilines is 1. The highest BCUT2D eigenvalue weighted by Crippen LogP contribution is 2.37. The van der Waals surface area contributed by atoms with Crippen molar-refractivity contribution < 1.29 is 14.3 Å². The smallest absolute Gasteiger partial charge is 0.265 e. The van der Waals surface area contributed by atoms with Crippen molar-refractivity contribution in [3.05, 3.63) is 40.7 Å². The molecule has 0 spiro atoms. The Hall–Kier alpha value is -2.54. The number of benzene rings is 1.